The zero-order valence-electron chi connectivity index (χ0n) is 23.4. The quantitative estimate of drug-likeness (QED) is 0.216. The van der Waals surface area contributed by atoms with E-state index in [4.69, 9.17) is 5.73 Å². The van der Waals surface area contributed by atoms with E-state index in [2.05, 4.69) is 140 Å². The molecule has 0 fully saturated rings. The Morgan fingerprint density at radius 2 is 0.814 bits per heavy atom. The van der Waals surface area contributed by atoms with Gasteiger partial charge in [0, 0.05) is 16.5 Å². The molecule has 0 atom stereocenters. The molecule has 10 rings (SSSR count). The second kappa shape index (κ2) is 8.21. The molecule has 0 bridgehead atoms. The molecule has 0 aliphatic carbocycles. The van der Waals surface area contributed by atoms with E-state index in [9.17, 15) is 0 Å². The summed E-state index contributed by atoms with van der Waals surface area (Å²) in [7, 11) is 0. The molecule has 1 heteroatoms. The Labute approximate surface area is 248 Å². The van der Waals surface area contributed by atoms with Crippen LogP contribution >= 0.6 is 0 Å². The van der Waals surface area contributed by atoms with Gasteiger partial charge in [0.15, 0.2) is 0 Å². The molecule has 0 aliphatic rings. The summed E-state index contributed by atoms with van der Waals surface area (Å²) < 4.78 is 0. The van der Waals surface area contributed by atoms with E-state index < -0.39 is 0 Å². The van der Waals surface area contributed by atoms with Gasteiger partial charge >= 0.3 is 0 Å². The predicted molar refractivity (Wildman–Crippen MR) is 187 cm³/mol. The van der Waals surface area contributed by atoms with Crippen LogP contribution in [0.15, 0.2) is 140 Å². The van der Waals surface area contributed by atoms with Crippen molar-refractivity contribution in [2.45, 2.75) is 0 Å². The van der Waals surface area contributed by atoms with E-state index in [1.807, 2.05) is 0 Å². The van der Waals surface area contributed by atoms with Gasteiger partial charge in [-0.05, 0) is 105 Å². The Morgan fingerprint density at radius 1 is 0.302 bits per heavy atom. The summed E-state index contributed by atoms with van der Waals surface area (Å²) in [4.78, 5) is 0. The molecular formula is C42H25N. The fraction of sp³-hybridized carbons (Fsp3) is 0. The molecule has 0 aromatic heterocycles. The zero-order chi connectivity index (χ0) is 28.2. The molecule has 0 aliphatic heterocycles. The van der Waals surface area contributed by atoms with Gasteiger partial charge in [0.2, 0.25) is 0 Å². The molecule has 10 aromatic carbocycles. The van der Waals surface area contributed by atoms with Crippen molar-refractivity contribution in [3.8, 4) is 22.3 Å². The van der Waals surface area contributed by atoms with Gasteiger partial charge in [-0.2, -0.15) is 0 Å². The highest BCUT2D eigenvalue weighted by Gasteiger charge is 2.25. The number of anilines is 1. The number of hydrogen-bond acceptors (Lipinski definition) is 1. The number of fused-ring (bicyclic) bond motifs is 7. The maximum absolute atomic E-state index is 6.92. The third-order valence-corrected chi connectivity index (χ3v) is 9.65. The van der Waals surface area contributed by atoms with Crippen LogP contribution in [-0.4, -0.2) is 0 Å². The topological polar surface area (TPSA) is 26.0 Å². The van der Waals surface area contributed by atoms with Gasteiger partial charge in [-0.1, -0.05) is 121 Å². The number of hydrogen-bond donors (Lipinski definition) is 1. The fourth-order valence-corrected chi connectivity index (χ4v) is 7.97. The Morgan fingerprint density at radius 3 is 1.40 bits per heavy atom. The average Bonchev–Trinajstić information content (AvgIpc) is 3.57. The van der Waals surface area contributed by atoms with Crippen molar-refractivity contribution < 1.29 is 0 Å². The van der Waals surface area contributed by atoms with Crippen LogP contribution in [0.4, 0.5) is 5.69 Å². The highest BCUT2D eigenvalue weighted by molar-refractivity contribution is 6.43. The molecule has 0 saturated heterocycles. The lowest BCUT2D eigenvalue weighted by Gasteiger charge is -2.17. The highest BCUT2D eigenvalue weighted by Crippen LogP contribution is 2.53. The monoisotopic (exact) mass is 543 g/mol. The minimum absolute atomic E-state index is 0.826. The van der Waals surface area contributed by atoms with E-state index >= 15 is 0 Å². The van der Waals surface area contributed by atoms with Crippen molar-refractivity contribution in [2.24, 2.45) is 0 Å². The molecule has 0 saturated carbocycles. The number of nitrogen functional groups attached to an aromatic ring is 1. The smallest absolute Gasteiger partial charge is 0.0400 e. The lowest BCUT2D eigenvalue weighted by atomic mass is 9.85. The lowest BCUT2D eigenvalue weighted by Crippen LogP contribution is -1.91. The summed E-state index contributed by atoms with van der Waals surface area (Å²) in [5.41, 5.74) is 12.7. The average molecular weight is 544 g/mol. The van der Waals surface area contributed by atoms with Crippen molar-refractivity contribution in [2.75, 3.05) is 5.73 Å². The second-order valence-electron chi connectivity index (χ2n) is 11.8. The van der Waals surface area contributed by atoms with Gasteiger partial charge in [0.1, 0.15) is 0 Å². The van der Waals surface area contributed by atoms with Crippen LogP contribution in [0.3, 0.4) is 0 Å². The van der Waals surface area contributed by atoms with Gasteiger partial charge in [0.25, 0.3) is 0 Å². The highest BCUT2D eigenvalue weighted by atomic mass is 14.6. The van der Waals surface area contributed by atoms with Gasteiger partial charge in [-0.25, -0.2) is 0 Å². The van der Waals surface area contributed by atoms with E-state index in [1.165, 1.54) is 92.3 Å². The maximum Gasteiger partial charge on any atom is 0.0400 e. The van der Waals surface area contributed by atoms with Crippen molar-refractivity contribution in [1.82, 2.24) is 0 Å². The molecule has 2 N–H and O–H groups in total. The molecule has 0 spiro atoms. The number of rotatable bonds is 2. The minimum Gasteiger partial charge on any atom is -0.398 e. The summed E-state index contributed by atoms with van der Waals surface area (Å²) in [6, 6.07) is 51.1. The number of benzene rings is 8. The normalized spacial score (nSPS) is 12.3. The van der Waals surface area contributed by atoms with E-state index in [0.29, 0.717) is 0 Å². The van der Waals surface area contributed by atoms with Crippen molar-refractivity contribution in [3.05, 3.63) is 140 Å². The van der Waals surface area contributed by atoms with Gasteiger partial charge in [0.05, 0.1) is 0 Å². The second-order valence-corrected chi connectivity index (χ2v) is 11.8. The van der Waals surface area contributed by atoms with Crippen molar-refractivity contribution in [3.63, 3.8) is 0 Å². The summed E-state index contributed by atoms with van der Waals surface area (Å²) in [5.74, 6) is 0. The third-order valence-electron chi connectivity index (χ3n) is 9.65. The van der Waals surface area contributed by atoms with Crippen molar-refractivity contribution >= 4 is 81.1 Å². The summed E-state index contributed by atoms with van der Waals surface area (Å²) in [6.45, 7) is 0. The Balaban J connectivity index is 1.58. The van der Waals surface area contributed by atoms with Gasteiger partial charge in [-0.15, -0.1) is 0 Å². The predicted octanol–water partition coefficient (Wildman–Crippen LogP) is 11.6. The maximum atomic E-state index is 6.92. The largest absolute Gasteiger partial charge is 0.398 e. The number of nitrogens with two attached hydrogens (primary N) is 1. The third kappa shape index (κ3) is 2.91. The van der Waals surface area contributed by atoms with Gasteiger partial charge in [-0.3, -0.25) is 0 Å². The first kappa shape index (κ1) is 23.0. The Bertz CT molecular complexity index is 2700. The van der Waals surface area contributed by atoms with Gasteiger partial charge < -0.3 is 5.73 Å². The van der Waals surface area contributed by atoms with Crippen LogP contribution in [0, 0.1) is 0 Å². The van der Waals surface area contributed by atoms with Crippen LogP contribution in [-0.2, 0) is 0 Å². The van der Waals surface area contributed by atoms with E-state index in [0.717, 1.165) is 11.1 Å². The lowest BCUT2D eigenvalue weighted by molar-refractivity contribution is 1.68. The summed E-state index contributed by atoms with van der Waals surface area (Å²) >= 11 is 0. The first-order valence-electron chi connectivity index (χ1n) is 14.9. The first-order chi connectivity index (χ1) is 21.3. The van der Waals surface area contributed by atoms with Crippen LogP contribution in [0.2, 0.25) is 0 Å². The first-order valence-corrected chi connectivity index (χ1v) is 14.9. The Hall–Kier alpha value is -5.66. The standard InChI is InChI=1S/C42H25N/c43-35-21-20-27-16-9-19-30-37(27)41(35)42-39(26-12-5-2-6-13-26)34-23-32-29-18-8-15-24-14-7-17-28(36(24)29)31(32)22-33(34)38(40(30)42)25-10-3-1-4-11-25/h1-23H,43H2. The molecule has 43 heavy (non-hydrogen) atoms. The minimum atomic E-state index is 0.826. The zero-order valence-corrected chi connectivity index (χ0v) is 23.4. The van der Waals surface area contributed by atoms with Crippen LogP contribution in [0.1, 0.15) is 0 Å². The van der Waals surface area contributed by atoms with Crippen LogP contribution in [0.5, 0.6) is 0 Å². The molecular weight excluding hydrogens is 518 g/mol. The summed E-state index contributed by atoms with van der Waals surface area (Å²) in [5, 5.41) is 17.9. The summed E-state index contributed by atoms with van der Waals surface area (Å²) in [6.07, 6.45) is 0. The molecule has 198 valence electrons. The van der Waals surface area contributed by atoms with Crippen LogP contribution in [0.25, 0.3) is 97.7 Å². The molecule has 0 radical (unpaired) electrons. The fourth-order valence-electron chi connectivity index (χ4n) is 7.97. The van der Waals surface area contributed by atoms with E-state index in [-0.39, 0.29) is 0 Å². The molecule has 1 nitrogen and oxygen atoms in total. The molecule has 0 amide bonds. The SMILES string of the molecule is Nc1ccc2cccc3c4c(-c5ccccc5)c5cc6c(cc5c(-c5ccccc5)c4c1c23)c1cccc2cccc6c21. The van der Waals surface area contributed by atoms with Crippen LogP contribution < -0.4 is 5.73 Å². The Kier molecular flexibility index (Phi) is 4.39. The molecule has 10 aromatic rings. The van der Waals surface area contributed by atoms with E-state index in [1.54, 1.807) is 0 Å². The van der Waals surface area contributed by atoms with Crippen molar-refractivity contribution in [1.29, 1.82) is 0 Å². The molecule has 0 heterocycles. The molecule has 0 unspecified atom stereocenters.